The summed E-state index contributed by atoms with van der Waals surface area (Å²) in [6, 6.07) is 56.7. The zero-order valence-electron chi connectivity index (χ0n) is 28.8. The highest BCUT2D eigenvalue weighted by atomic mass is 32.1. The minimum absolute atomic E-state index is 0.106. The summed E-state index contributed by atoms with van der Waals surface area (Å²) in [6.45, 7) is 9.53. The normalized spacial score (nSPS) is 14.7. The van der Waals surface area contributed by atoms with Crippen LogP contribution in [0.15, 0.2) is 152 Å². The average molecular weight is 660 g/mol. The second-order valence-corrected chi connectivity index (χ2v) is 16.0. The Morgan fingerprint density at radius 2 is 1.06 bits per heavy atom. The molecule has 1 heterocycles. The van der Waals surface area contributed by atoms with E-state index in [2.05, 4.69) is 184 Å². The van der Waals surface area contributed by atoms with Gasteiger partial charge in [-0.15, -0.1) is 11.3 Å². The van der Waals surface area contributed by atoms with Crippen LogP contribution in [0.1, 0.15) is 49.9 Å². The highest BCUT2D eigenvalue weighted by Crippen LogP contribution is 2.56. The molecule has 0 amide bonds. The number of nitrogens with zero attached hydrogens (tertiary/aromatic N) is 1. The van der Waals surface area contributed by atoms with Crippen molar-refractivity contribution >= 4 is 48.6 Å². The Kier molecular flexibility index (Phi) is 6.21. The van der Waals surface area contributed by atoms with Crippen LogP contribution in [-0.2, 0) is 10.8 Å². The van der Waals surface area contributed by atoms with Crippen molar-refractivity contribution in [2.45, 2.75) is 38.5 Å². The third kappa shape index (κ3) is 4.06. The van der Waals surface area contributed by atoms with Crippen molar-refractivity contribution in [3.8, 4) is 33.4 Å². The lowest BCUT2D eigenvalue weighted by molar-refractivity contribution is 0.660. The van der Waals surface area contributed by atoms with Crippen molar-refractivity contribution in [3.63, 3.8) is 0 Å². The summed E-state index contributed by atoms with van der Waals surface area (Å²) in [4.78, 5) is 2.54. The van der Waals surface area contributed by atoms with Crippen molar-refractivity contribution < 1.29 is 0 Å². The van der Waals surface area contributed by atoms with Gasteiger partial charge in [-0.3, -0.25) is 0 Å². The van der Waals surface area contributed by atoms with Gasteiger partial charge in [-0.25, -0.2) is 0 Å². The number of fused-ring (bicyclic) bond motifs is 9. The van der Waals surface area contributed by atoms with Gasteiger partial charge in [0, 0.05) is 42.4 Å². The van der Waals surface area contributed by atoms with Gasteiger partial charge in [0.05, 0.1) is 5.69 Å². The number of thiophene rings is 1. The highest BCUT2D eigenvalue weighted by molar-refractivity contribution is 7.26. The molecule has 50 heavy (non-hydrogen) atoms. The maximum absolute atomic E-state index is 2.54. The van der Waals surface area contributed by atoms with E-state index in [0.717, 1.165) is 0 Å². The molecule has 1 nitrogen and oxygen atoms in total. The molecule has 2 aliphatic carbocycles. The van der Waals surface area contributed by atoms with Gasteiger partial charge in [-0.05, 0) is 98.1 Å². The molecule has 0 radical (unpaired) electrons. The number of hydrogen-bond donors (Lipinski definition) is 0. The maximum atomic E-state index is 2.54. The van der Waals surface area contributed by atoms with Gasteiger partial charge < -0.3 is 4.90 Å². The van der Waals surface area contributed by atoms with Crippen molar-refractivity contribution in [1.29, 1.82) is 0 Å². The molecule has 0 bridgehead atoms. The summed E-state index contributed by atoms with van der Waals surface area (Å²) in [5.74, 6) is 0. The van der Waals surface area contributed by atoms with Gasteiger partial charge in [0.1, 0.15) is 0 Å². The Labute approximate surface area is 298 Å². The van der Waals surface area contributed by atoms with E-state index >= 15 is 0 Å². The molecule has 0 N–H and O–H groups in total. The summed E-state index contributed by atoms with van der Waals surface area (Å²) in [5, 5.41) is 2.61. The standard InChI is InChI=1S/C48H37NS/c1-47(2)39-20-11-8-17-33(39)35-26-25-31(29-41(35)47)49(42-22-14-24-44-45(42)36-19-10-13-23-43(36)50-44)32-27-37(30-15-6-5-7-16-30)46-38(28-32)34-18-9-12-21-40(34)48(46,3)4/h5-29H,1-4H3. The molecule has 0 atom stereocenters. The summed E-state index contributed by atoms with van der Waals surface area (Å²) in [5.41, 5.74) is 16.8. The molecule has 0 fully saturated rings. The third-order valence-corrected chi connectivity index (χ3v) is 12.6. The van der Waals surface area contributed by atoms with Crippen LogP contribution in [0.2, 0.25) is 0 Å². The lowest BCUT2D eigenvalue weighted by Gasteiger charge is -2.31. The minimum atomic E-state index is -0.132. The first-order valence-electron chi connectivity index (χ1n) is 17.6. The molecule has 2 heteroatoms. The summed E-state index contributed by atoms with van der Waals surface area (Å²) >= 11 is 1.88. The molecule has 240 valence electrons. The van der Waals surface area contributed by atoms with Gasteiger partial charge >= 0.3 is 0 Å². The van der Waals surface area contributed by atoms with E-state index in [1.165, 1.54) is 92.9 Å². The van der Waals surface area contributed by atoms with E-state index in [1.807, 2.05) is 11.3 Å². The number of benzene rings is 7. The van der Waals surface area contributed by atoms with Crippen molar-refractivity contribution in [1.82, 2.24) is 0 Å². The Morgan fingerprint density at radius 3 is 1.86 bits per heavy atom. The van der Waals surface area contributed by atoms with Crippen LogP contribution < -0.4 is 4.90 Å². The van der Waals surface area contributed by atoms with E-state index in [9.17, 15) is 0 Å². The van der Waals surface area contributed by atoms with E-state index in [1.54, 1.807) is 0 Å². The van der Waals surface area contributed by atoms with Crippen LogP contribution in [0.3, 0.4) is 0 Å². The van der Waals surface area contributed by atoms with Crippen LogP contribution in [0, 0.1) is 0 Å². The Bertz CT molecular complexity index is 2660. The van der Waals surface area contributed by atoms with Crippen LogP contribution in [0.25, 0.3) is 53.6 Å². The first-order valence-corrected chi connectivity index (χ1v) is 18.4. The molecule has 10 rings (SSSR count). The van der Waals surface area contributed by atoms with Gasteiger partial charge in [0.25, 0.3) is 0 Å². The zero-order valence-corrected chi connectivity index (χ0v) is 29.6. The second kappa shape index (κ2) is 10.5. The quantitative estimate of drug-likeness (QED) is 0.182. The van der Waals surface area contributed by atoms with Gasteiger partial charge in [0.15, 0.2) is 0 Å². The number of anilines is 3. The smallest absolute Gasteiger partial charge is 0.0554 e. The van der Waals surface area contributed by atoms with E-state index in [4.69, 9.17) is 0 Å². The van der Waals surface area contributed by atoms with Crippen LogP contribution in [0.4, 0.5) is 17.1 Å². The fourth-order valence-corrected chi connectivity index (χ4v) is 10.2. The Morgan fingerprint density at radius 1 is 0.440 bits per heavy atom. The lowest BCUT2D eigenvalue weighted by Crippen LogP contribution is -2.18. The Hall–Kier alpha value is -5.44. The molecule has 2 aliphatic rings. The topological polar surface area (TPSA) is 3.24 Å². The van der Waals surface area contributed by atoms with E-state index < -0.39 is 0 Å². The molecule has 0 unspecified atom stereocenters. The molecule has 1 aromatic heterocycles. The molecular formula is C48H37NS. The highest BCUT2D eigenvalue weighted by Gasteiger charge is 2.39. The van der Waals surface area contributed by atoms with Crippen molar-refractivity contribution in [2.24, 2.45) is 0 Å². The van der Waals surface area contributed by atoms with E-state index in [0.29, 0.717) is 0 Å². The lowest BCUT2D eigenvalue weighted by atomic mass is 9.78. The van der Waals surface area contributed by atoms with Crippen LogP contribution >= 0.6 is 11.3 Å². The summed E-state index contributed by atoms with van der Waals surface area (Å²) in [6.07, 6.45) is 0. The zero-order chi connectivity index (χ0) is 33.8. The van der Waals surface area contributed by atoms with Gasteiger partial charge in [-0.1, -0.05) is 137 Å². The monoisotopic (exact) mass is 659 g/mol. The first kappa shape index (κ1) is 29.5. The molecule has 0 aliphatic heterocycles. The molecule has 0 spiro atoms. The number of hydrogen-bond acceptors (Lipinski definition) is 2. The van der Waals surface area contributed by atoms with Gasteiger partial charge in [0.2, 0.25) is 0 Å². The molecule has 8 aromatic rings. The molecule has 0 saturated heterocycles. The predicted molar refractivity (Wildman–Crippen MR) is 215 cm³/mol. The van der Waals surface area contributed by atoms with Crippen molar-refractivity contribution in [2.75, 3.05) is 4.90 Å². The van der Waals surface area contributed by atoms with Gasteiger partial charge in [-0.2, -0.15) is 0 Å². The fourth-order valence-electron chi connectivity index (χ4n) is 9.09. The first-order chi connectivity index (χ1) is 24.3. The minimum Gasteiger partial charge on any atom is -0.310 e. The fraction of sp³-hybridized carbons (Fsp3) is 0.125. The summed E-state index contributed by atoms with van der Waals surface area (Å²) < 4.78 is 2.62. The van der Waals surface area contributed by atoms with Crippen molar-refractivity contribution in [3.05, 3.63) is 174 Å². The second-order valence-electron chi connectivity index (χ2n) is 14.9. The molecule has 7 aromatic carbocycles. The molecule has 0 saturated carbocycles. The van der Waals surface area contributed by atoms with Crippen LogP contribution in [-0.4, -0.2) is 0 Å². The molecular weight excluding hydrogens is 623 g/mol. The predicted octanol–water partition coefficient (Wildman–Crippen LogP) is 13.8. The number of rotatable bonds is 4. The van der Waals surface area contributed by atoms with E-state index in [-0.39, 0.29) is 10.8 Å². The third-order valence-electron chi connectivity index (χ3n) is 11.4. The Balaban J connectivity index is 1.30. The average Bonchev–Trinajstić information content (AvgIpc) is 3.72. The summed E-state index contributed by atoms with van der Waals surface area (Å²) in [7, 11) is 0. The maximum Gasteiger partial charge on any atom is 0.0554 e. The SMILES string of the molecule is CC1(C)c2ccccc2-c2ccc(N(c3cc(-c4ccccc4)c4c(c3)-c3ccccc3C4(C)C)c3cccc4sc5ccccc5c34)cc21. The van der Waals surface area contributed by atoms with Crippen LogP contribution in [0.5, 0.6) is 0 Å². The largest absolute Gasteiger partial charge is 0.310 e.